The molecular formula is C21H23O7P. The normalized spacial score (nSPS) is 11.6. The van der Waals surface area contributed by atoms with Crippen molar-refractivity contribution in [2.75, 3.05) is 27.4 Å². The first kappa shape index (κ1) is 21.1. The first-order chi connectivity index (χ1) is 14.0. The van der Waals surface area contributed by atoms with Gasteiger partial charge < -0.3 is 22.9 Å². The molecule has 0 fully saturated rings. The lowest BCUT2D eigenvalue weighted by molar-refractivity contribution is 0.225. The molecule has 1 heterocycles. The molecule has 0 bridgehead atoms. The Hall–Kier alpha value is -2.60. The Bertz CT molecular complexity index is 1110. The third kappa shape index (κ3) is 3.94. The van der Waals surface area contributed by atoms with E-state index in [1.807, 2.05) is 0 Å². The lowest BCUT2D eigenvalue weighted by Crippen LogP contribution is -2.20. The molecule has 3 rings (SSSR count). The second kappa shape index (κ2) is 8.82. The molecule has 0 saturated carbocycles. The summed E-state index contributed by atoms with van der Waals surface area (Å²) in [5.41, 5.74) is 0.167. The molecule has 0 aliphatic carbocycles. The molecular weight excluding hydrogens is 395 g/mol. The zero-order valence-electron chi connectivity index (χ0n) is 16.8. The highest BCUT2D eigenvalue weighted by molar-refractivity contribution is 7.62. The molecule has 0 amide bonds. The van der Waals surface area contributed by atoms with Crippen LogP contribution < -0.4 is 20.6 Å². The summed E-state index contributed by atoms with van der Waals surface area (Å²) in [5.74, 6) is 1.05. The van der Waals surface area contributed by atoms with Crippen LogP contribution in [-0.4, -0.2) is 27.4 Å². The van der Waals surface area contributed by atoms with E-state index < -0.39 is 13.2 Å². The molecule has 3 aromatic rings. The summed E-state index contributed by atoms with van der Waals surface area (Å²) in [6, 6.07) is 12.1. The molecule has 0 unspecified atom stereocenters. The van der Waals surface area contributed by atoms with Crippen molar-refractivity contribution in [3.63, 3.8) is 0 Å². The van der Waals surface area contributed by atoms with E-state index in [1.54, 1.807) is 63.4 Å². The Labute approximate surface area is 168 Å². The Balaban J connectivity index is 2.49. The molecule has 0 N–H and O–H groups in total. The fourth-order valence-corrected chi connectivity index (χ4v) is 4.84. The molecule has 0 aliphatic heterocycles. The molecule has 8 heteroatoms. The maximum absolute atomic E-state index is 13.6. The van der Waals surface area contributed by atoms with Crippen LogP contribution in [0.25, 0.3) is 21.9 Å². The maximum Gasteiger partial charge on any atom is 0.397 e. The predicted molar refractivity (Wildman–Crippen MR) is 112 cm³/mol. The minimum absolute atomic E-state index is 0.114. The molecule has 2 aromatic carbocycles. The van der Waals surface area contributed by atoms with Gasteiger partial charge in [-0.15, -0.1) is 0 Å². The van der Waals surface area contributed by atoms with Gasteiger partial charge in [0.05, 0.1) is 32.8 Å². The van der Waals surface area contributed by atoms with E-state index in [9.17, 15) is 9.36 Å². The SMILES string of the molecule is CCOP(=O)(OCC)c1oc(=O)c2ccccc2c1-c1cc(OC)ccc1OC. The molecule has 0 atom stereocenters. The molecule has 1 aromatic heterocycles. The van der Waals surface area contributed by atoms with Gasteiger partial charge in [-0.1, -0.05) is 18.2 Å². The van der Waals surface area contributed by atoms with Crippen LogP contribution in [0, 0.1) is 0 Å². The monoisotopic (exact) mass is 418 g/mol. The van der Waals surface area contributed by atoms with Gasteiger partial charge in [0, 0.05) is 16.5 Å². The minimum Gasteiger partial charge on any atom is -0.497 e. The van der Waals surface area contributed by atoms with Gasteiger partial charge in [0.1, 0.15) is 11.5 Å². The van der Waals surface area contributed by atoms with Crippen LogP contribution in [0.3, 0.4) is 0 Å². The fraction of sp³-hybridized carbons (Fsp3) is 0.286. The van der Waals surface area contributed by atoms with Gasteiger partial charge in [0.2, 0.25) is 5.50 Å². The molecule has 0 radical (unpaired) electrons. The third-order valence-corrected chi connectivity index (χ3v) is 6.35. The van der Waals surface area contributed by atoms with Crippen LogP contribution in [0.5, 0.6) is 11.5 Å². The van der Waals surface area contributed by atoms with E-state index in [-0.39, 0.29) is 18.7 Å². The fourth-order valence-electron chi connectivity index (χ4n) is 3.15. The highest BCUT2D eigenvalue weighted by Crippen LogP contribution is 2.51. The molecule has 0 aliphatic rings. The van der Waals surface area contributed by atoms with E-state index >= 15 is 0 Å². The number of hydrogen-bond donors (Lipinski definition) is 0. The van der Waals surface area contributed by atoms with Crippen LogP contribution in [0.15, 0.2) is 51.7 Å². The van der Waals surface area contributed by atoms with Crippen LogP contribution in [0.4, 0.5) is 0 Å². The number of hydrogen-bond acceptors (Lipinski definition) is 7. The number of benzene rings is 2. The van der Waals surface area contributed by atoms with Crippen molar-refractivity contribution in [3.8, 4) is 22.6 Å². The van der Waals surface area contributed by atoms with Crippen molar-refractivity contribution in [2.45, 2.75) is 13.8 Å². The van der Waals surface area contributed by atoms with Gasteiger partial charge in [0.25, 0.3) is 0 Å². The van der Waals surface area contributed by atoms with Crippen LogP contribution in [-0.2, 0) is 13.6 Å². The van der Waals surface area contributed by atoms with E-state index in [4.69, 9.17) is 22.9 Å². The average molecular weight is 418 g/mol. The van der Waals surface area contributed by atoms with Gasteiger partial charge in [-0.25, -0.2) is 4.79 Å². The van der Waals surface area contributed by atoms with E-state index in [2.05, 4.69) is 0 Å². The third-order valence-electron chi connectivity index (χ3n) is 4.34. The van der Waals surface area contributed by atoms with Crippen LogP contribution in [0.2, 0.25) is 0 Å². The van der Waals surface area contributed by atoms with Crippen molar-refractivity contribution in [3.05, 3.63) is 52.9 Å². The van der Waals surface area contributed by atoms with Crippen molar-refractivity contribution >= 4 is 23.9 Å². The number of methoxy groups -OCH3 is 2. The standard InChI is InChI=1S/C21H23O7P/c1-5-26-29(23,27-6-2)21-19(15-9-7-8-10-16(15)20(22)28-21)17-13-14(24-3)11-12-18(17)25-4/h7-13H,5-6H2,1-4H3. The first-order valence-electron chi connectivity index (χ1n) is 9.17. The summed E-state index contributed by atoms with van der Waals surface area (Å²) in [6.07, 6.45) is 0. The van der Waals surface area contributed by atoms with Gasteiger partial charge in [-0.05, 0) is 38.1 Å². The van der Waals surface area contributed by atoms with Crippen molar-refractivity contribution < 1.29 is 27.5 Å². The molecule has 29 heavy (non-hydrogen) atoms. The lowest BCUT2D eigenvalue weighted by Gasteiger charge is -2.20. The van der Waals surface area contributed by atoms with Gasteiger partial charge in [-0.3, -0.25) is 4.57 Å². The molecule has 0 saturated heterocycles. The van der Waals surface area contributed by atoms with Gasteiger partial charge in [-0.2, -0.15) is 0 Å². The highest BCUT2D eigenvalue weighted by atomic mass is 31.2. The van der Waals surface area contributed by atoms with E-state index in [1.165, 1.54) is 7.11 Å². The lowest BCUT2D eigenvalue weighted by atomic mass is 10.0. The molecule has 154 valence electrons. The van der Waals surface area contributed by atoms with Crippen LogP contribution >= 0.6 is 7.60 Å². The van der Waals surface area contributed by atoms with Crippen molar-refractivity contribution in [1.82, 2.24) is 0 Å². The number of ether oxygens (including phenoxy) is 2. The average Bonchev–Trinajstić information content (AvgIpc) is 2.73. The first-order valence-corrected chi connectivity index (χ1v) is 10.7. The largest absolute Gasteiger partial charge is 0.497 e. The zero-order chi connectivity index (χ0) is 21.0. The smallest absolute Gasteiger partial charge is 0.397 e. The Kier molecular flexibility index (Phi) is 6.42. The summed E-state index contributed by atoms with van der Waals surface area (Å²) in [6.45, 7) is 3.61. The summed E-state index contributed by atoms with van der Waals surface area (Å²) >= 11 is 0. The topological polar surface area (TPSA) is 84.2 Å². The second-order valence-corrected chi connectivity index (χ2v) is 7.93. The predicted octanol–water partition coefficient (Wildman–Crippen LogP) is 4.37. The molecule has 0 spiro atoms. The second-order valence-electron chi connectivity index (χ2n) is 6.01. The summed E-state index contributed by atoms with van der Waals surface area (Å²) < 4.78 is 41.0. The van der Waals surface area contributed by atoms with Crippen molar-refractivity contribution in [2.24, 2.45) is 0 Å². The van der Waals surface area contributed by atoms with E-state index in [0.29, 0.717) is 33.4 Å². The Morgan fingerprint density at radius 3 is 2.17 bits per heavy atom. The van der Waals surface area contributed by atoms with Crippen molar-refractivity contribution in [1.29, 1.82) is 0 Å². The van der Waals surface area contributed by atoms with Gasteiger partial charge in [0.15, 0.2) is 0 Å². The maximum atomic E-state index is 13.6. The molecule has 7 nitrogen and oxygen atoms in total. The van der Waals surface area contributed by atoms with E-state index in [0.717, 1.165) is 0 Å². The summed E-state index contributed by atoms with van der Waals surface area (Å²) in [7, 11) is -0.856. The van der Waals surface area contributed by atoms with Crippen LogP contribution in [0.1, 0.15) is 13.8 Å². The quantitative estimate of drug-likeness (QED) is 0.502. The summed E-state index contributed by atoms with van der Waals surface area (Å²) in [5, 5.41) is 0.889. The zero-order valence-corrected chi connectivity index (χ0v) is 17.7. The summed E-state index contributed by atoms with van der Waals surface area (Å²) in [4.78, 5) is 12.7. The number of rotatable bonds is 8. The minimum atomic E-state index is -3.92. The Morgan fingerprint density at radius 1 is 0.931 bits per heavy atom. The number of fused-ring (bicyclic) bond motifs is 1. The highest BCUT2D eigenvalue weighted by Gasteiger charge is 2.36. The van der Waals surface area contributed by atoms with Gasteiger partial charge >= 0.3 is 13.2 Å². The Morgan fingerprint density at radius 2 is 1.59 bits per heavy atom.